The first-order valence-corrected chi connectivity index (χ1v) is 8.56. The molecule has 1 atom stereocenters. The average Bonchev–Trinajstić information content (AvgIpc) is 2.62. The van der Waals surface area contributed by atoms with Crippen LogP contribution < -0.4 is 15.0 Å². The third-order valence-electron chi connectivity index (χ3n) is 4.75. The Morgan fingerprint density at radius 1 is 1.21 bits per heavy atom. The standard InChI is InChI=1S/C20H26N2O2/c1-22(12-13-23)17-8-6-16(7-9-17)21-20-5-3-4-15-14-18(24-2)10-11-19(15)20/h6-11,14,20-21,23H,3-5,12-13H2,1-2H3. The second-order valence-corrected chi connectivity index (χ2v) is 6.35. The van der Waals surface area contributed by atoms with E-state index in [0.717, 1.165) is 30.0 Å². The molecule has 0 saturated carbocycles. The van der Waals surface area contributed by atoms with Crippen LogP contribution in [0.2, 0.25) is 0 Å². The minimum Gasteiger partial charge on any atom is -0.497 e. The van der Waals surface area contributed by atoms with Crippen LogP contribution in [-0.4, -0.2) is 32.4 Å². The van der Waals surface area contributed by atoms with Gasteiger partial charge in [0.1, 0.15) is 5.75 Å². The number of anilines is 2. The maximum atomic E-state index is 9.04. The fourth-order valence-electron chi connectivity index (χ4n) is 3.36. The Hall–Kier alpha value is -2.20. The Morgan fingerprint density at radius 2 is 2.00 bits per heavy atom. The number of nitrogens with zero attached hydrogens (tertiary/aromatic N) is 1. The zero-order chi connectivity index (χ0) is 16.9. The number of hydrogen-bond acceptors (Lipinski definition) is 4. The fourth-order valence-corrected chi connectivity index (χ4v) is 3.36. The lowest BCUT2D eigenvalue weighted by atomic mass is 9.87. The highest BCUT2D eigenvalue weighted by Gasteiger charge is 2.20. The van der Waals surface area contributed by atoms with Crippen molar-refractivity contribution < 1.29 is 9.84 Å². The highest BCUT2D eigenvalue weighted by atomic mass is 16.5. The normalized spacial score (nSPS) is 16.4. The summed E-state index contributed by atoms with van der Waals surface area (Å²) in [6.45, 7) is 0.809. The number of benzene rings is 2. The first-order chi connectivity index (χ1) is 11.7. The molecule has 1 unspecified atom stereocenters. The van der Waals surface area contributed by atoms with Gasteiger partial charge in [-0.05, 0) is 66.8 Å². The maximum absolute atomic E-state index is 9.04. The topological polar surface area (TPSA) is 44.7 Å². The molecule has 0 heterocycles. The van der Waals surface area contributed by atoms with Crippen molar-refractivity contribution in [2.75, 3.05) is 37.5 Å². The van der Waals surface area contributed by atoms with E-state index in [0.29, 0.717) is 12.6 Å². The van der Waals surface area contributed by atoms with Crippen LogP contribution in [0.15, 0.2) is 42.5 Å². The van der Waals surface area contributed by atoms with E-state index >= 15 is 0 Å². The number of aryl methyl sites for hydroxylation is 1. The summed E-state index contributed by atoms with van der Waals surface area (Å²) in [6, 6.07) is 15.2. The lowest BCUT2D eigenvalue weighted by molar-refractivity contribution is 0.304. The molecular weight excluding hydrogens is 300 g/mol. The molecule has 0 saturated heterocycles. The summed E-state index contributed by atoms with van der Waals surface area (Å²) in [5, 5.41) is 12.7. The molecule has 2 aromatic carbocycles. The number of nitrogens with one attached hydrogen (secondary N) is 1. The summed E-state index contributed by atoms with van der Waals surface area (Å²) < 4.78 is 5.35. The van der Waals surface area contributed by atoms with Gasteiger partial charge in [0.15, 0.2) is 0 Å². The number of rotatable bonds is 6. The van der Waals surface area contributed by atoms with Crippen LogP contribution >= 0.6 is 0 Å². The molecule has 1 aliphatic rings. The fraction of sp³-hybridized carbons (Fsp3) is 0.400. The van der Waals surface area contributed by atoms with E-state index in [4.69, 9.17) is 9.84 Å². The monoisotopic (exact) mass is 326 g/mol. The molecule has 4 nitrogen and oxygen atoms in total. The van der Waals surface area contributed by atoms with Crippen LogP contribution in [0, 0.1) is 0 Å². The number of likely N-dealkylation sites (N-methyl/N-ethyl adjacent to an activating group) is 1. The van der Waals surface area contributed by atoms with Crippen LogP contribution in [0.5, 0.6) is 5.75 Å². The zero-order valence-corrected chi connectivity index (χ0v) is 14.5. The molecule has 4 heteroatoms. The van der Waals surface area contributed by atoms with Gasteiger partial charge >= 0.3 is 0 Å². The van der Waals surface area contributed by atoms with E-state index in [1.807, 2.05) is 18.0 Å². The SMILES string of the molecule is COc1ccc2c(c1)CCCC2Nc1ccc(N(C)CCO)cc1. The molecule has 0 aromatic heterocycles. The van der Waals surface area contributed by atoms with Crippen LogP contribution in [0.25, 0.3) is 0 Å². The summed E-state index contributed by atoms with van der Waals surface area (Å²) >= 11 is 0. The van der Waals surface area contributed by atoms with Gasteiger partial charge in [-0.2, -0.15) is 0 Å². The zero-order valence-electron chi connectivity index (χ0n) is 14.5. The third kappa shape index (κ3) is 3.65. The van der Waals surface area contributed by atoms with Gasteiger partial charge in [0.05, 0.1) is 19.8 Å². The van der Waals surface area contributed by atoms with Gasteiger partial charge in [-0.25, -0.2) is 0 Å². The van der Waals surface area contributed by atoms with Gasteiger partial charge in [-0.1, -0.05) is 6.07 Å². The first-order valence-electron chi connectivity index (χ1n) is 8.56. The predicted octanol–water partition coefficient (Wildman–Crippen LogP) is 3.61. The number of aliphatic hydroxyl groups excluding tert-OH is 1. The van der Waals surface area contributed by atoms with E-state index in [-0.39, 0.29) is 6.61 Å². The van der Waals surface area contributed by atoms with Crippen molar-refractivity contribution in [3.8, 4) is 5.75 Å². The molecule has 0 fully saturated rings. The van der Waals surface area contributed by atoms with Gasteiger partial charge in [0.2, 0.25) is 0 Å². The molecule has 0 aliphatic heterocycles. The Morgan fingerprint density at radius 3 is 2.71 bits per heavy atom. The van der Waals surface area contributed by atoms with E-state index in [1.54, 1.807) is 7.11 Å². The molecule has 24 heavy (non-hydrogen) atoms. The highest BCUT2D eigenvalue weighted by Crippen LogP contribution is 2.34. The van der Waals surface area contributed by atoms with E-state index < -0.39 is 0 Å². The first kappa shape index (κ1) is 16.7. The summed E-state index contributed by atoms with van der Waals surface area (Å²) in [7, 11) is 3.71. The van der Waals surface area contributed by atoms with Crippen molar-refractivity contribution in [3.63, 3.8) is 0 Å². The van der Waals surface area contributed by atoms with Gasteiger partial charge in [-0.15, -0.1) is 0 Å². The summed E-state index contributed by atoms with van der Waals surface area (Å²) in [6.07, 6.45) is 3.45. The van der Waals surface area contributed by atoms with Gasteiger partial charge in [-0.3, -0.25) is 0 Å². The second-order valence-electron chi connectivity index (χ2n) is 6.35. The number of ether oxygens (including phenoxy) is 1. The lowest BCUT2D eigenvalue weighted by Crippen LogP contribution is -2.21. The molecule has 3 rings (SSSR count). The molecule has 0 spiro atoms. The average molecular weight is 326 g/mol. The van der Waals surface area contributed by atoms with Crippen LogP contribution in [-0.2, 0) is 6.42 Å². The smallest absolute Gasteiger partial charge is 0.119 e. The van der Waals surface area contributed by atoms with Crippen LogP contribution in [0.3, 0.4) is 0 Å². The molecule has 2 N–H and O–H groups in total. The number of fused-ring (bicyclic) bond motifs is 1. The van der Waals surface area contributed by atoms with Gasteiger partial charge in [0, 0.05) is 25.0 Å². The van der Waals surface area contributed by atoms with Crippen molar-refractivity contribution in [1.29, 1.82) is 0 Å². The molecule has 2 aromatic rings. The molecule has 0 bridgehead atoms. The Labute approximate surface area is 144 Å². The van der Waals surface area contributed by atoms with E-state index in [9.17, 15) is 0 Å². The van der Waals surface area contributed by atoms with Crippen LogP contribution in [0.1, 0.15) is 30.0 Å². The second kappa shape index (κ2) is 7.58. The Bertz CT molecular complexity index is 670. The van der Waals surface area contributed by atoms with Crippen molar-refractivity contribution in [2.24, 2.45) is 0 Å². The quantitative estimate of drug-likeness (QED) is 0.851. The molecular formula is C20H26N2O2. The largest absolute Gasteiger partial charge is 0.497 e. The summed E-state index contributed by atoms with van der Waals surface area (Å²) in [5.41, 5.74) is 5.01. The molecule has 0 amide bonds. The van der Waals surface area contributed by atoms with Crippen molar-refractivity contribution in [2.45, 2.75) is 25.3 Å². The minimum atomic E-state index is 0.165. The van der Waals surface area contributed by atoms with Gasteiger partial charge in [0.25, 0.3) is 0 Å². The highest BCUT2D eigenvalue weighted by molar-refractivity contribution is 5.56. The Balaban J connectivity index is 1.73. The van der Waals surface area contributed by atoms with Crippen molar-refractivity contribution in [1.82, 2.24) is 0 Å². The number of hydrogen-bond donors (Lipinski definition) is 2. The summed E-state index contributed by atoms with van der Waals surface area (Å²) in [5.74, 6) is 0.936. The third-order valence-corrected chi connectivity index (χ3v) is 4.75. The van der Waals surface area contributed by atoms with E-state index in [1.165, 1.54) is 17.5 Å². The van der Waals surface area contributed by atoms with Crippen LogP contribution in [0.4, 0.5) is 11.4 Å². The summed E-state index contributed by atoms with van der Waals surface area (Å²) in [4.78, 5) is 2.05. The van der Waals surface area contributed by atoms with Gasteiger partial charge < -0.3 is 20.1 Å². The number of aliphatic hydroxyl groups is 1. The predicted molar refractivity (Wildman–Crippen MR) is 99.1 cm³/mol. The molecule has 0 radical (unpaired) electrons. The van der Waals surface area contributed by atoms with E-state index in [2.05, 4.69) is 41.7 Å². The minimum absolute atomic E-state index is 0.165. The molecule has 128 valence electrons. The van der Waals surface area contributed by atoms with Crippen molar-refractivity contribution >= 4 is 11.4 Å². The molecule has 1 aliphatic carbocycles. The van der Waals surface area contributed by atoms with Crippen molar-refractivity contribution in [3.05, 3.63) is 53.6 Å². The maximum Gasteiger partial charge on any atom is 0.119 e. The number of methoxy groups -OCH3 is 1. The lowest BCUT2D eigenvalue weighted by Gasteiger charge is -2.28. The Kier molecular flexibility index (Phi) is 5.26.